The lowest BCUT2D eigenvalue weighted by atomic mass is 9.94. The van der Waals surface area contributed by atoms with Crippen LogP contribution in [-0.2, 0) is 37.0 Å². The Balaban J connectivity index is 1.28. The number of halogens is 6. The summed E-state index contributed by atoms with van der Waals surface area (Å²) in [4.78, 5) is 27.4. The van der Waals surface area contributed by atoms with E-state index in [0.29, 0.717) is 55.2 Å². The van der Waals surface area contributed by atoms with Gasteiger partial charge in [0.25, 0.3) is 5.91 Å². The lowest BCUT2D eigenvalue weighted by molar-refractivity contribution is -0.140. The number of benzene rings is 1. The fourth-order valence-corrected chi connectivity index (χ4v) is 7.47. The summed E-state index contributed by atoms with van der Waals surface area (Å²) in [6.45, 7) is 1.83. The first kappa shape index (κ1) is 33.5. The van der Waals surface area contributed by atoms with Crippen molar-refractivity contribution in [3.05, 3.63) is 68.6 Å². The van der Waals surface area contributed by atoms with Gasteiger partial charge < -0.3 is 25.0 Å². The van der Waals surface area contributed by atoms with Gasteiger partial charge in [0.15, 0.2) is 11.5 Å². The van der Waals surface area contributed by atoms with Crippen LogP contribution in [0.25, 0.3) is 0 Å². The topological polar surface area (TPSA) is 115 Å². The molecule has 1 aromatic carbocycles. The summed E-state index contributed by atoms with van der Waals surface area (Å²) in [7, 11) is 3.20. The Labute approximate surface area is 283 Å². The van der Waals surface area contributed by atoms with E-state index in [-0.39, 0.29) is 61.2 Å². The Hall–Kier alpha value is -4.02. The largest absolute Gasteiger partial charge is 0.461 e. The van der Waals surface area contributed by atoms with Gasteiger partial charge in [0.1, 0.15) is 18.3 Å². The van der Waals surface area contributed by atoms with Crippen LogP contribution in [0.2, 0.25) is 5.02 Å². The number of aryl methyl sites for hydroxylation is 1. The van der Waals surface area contributed by atoms with Crippen molar-refractivity contribution >= 4 is 29.0 Å². The second-order valence-corrected chi connectivity index (χ2v) is 13.4. The van der Waals surface area contributed by atoms with Gasteiger partial charge in [0.2, 0.25) is 0 Å². The lowest BCUT2D eigenvalue weighted by Gasteiger charge is -2.32. The monoisotopic (exact) mass is 708 g/mol. The molecule has 0 saturated carbocycles. The van der Waals surface area contributed by atoms with Crippen molar-refractivity contribution in [1.29, 1.82) is 0 Å². The lowest BCUT2D eigenvalue weighted by Crippen LogP contribution is -2.43. The number of alkyl halides is 3. The molecule has 262 valence electrons. The van der Waals surface area contributed by atoms with Crippen LogP contribution >= 0.6 is 11.6 Å². The van der Waals surface area contributed by atoms with Crippen molar-refractivity contribution < 1.29 is 36.2 Å². The fourth-order valence-electron chi connectivity index (χ4n) is 7.20. The predicted molar refractivity (Wildman–Crippen MR) is 168 cm³/mol. The number of carbonyl (C=O) groups excluding carboxylic acids is 1. The number of rotatable bonds is 6. The number of nitrogens with two attached hydrogens (primary N) is 1. The Morgan fingerprint density at radius 1 is 1.16 bits per heavy atom. The molecule has 0 unspecified atom stereocenters. The van der Waals surface area contributed by atoms with E-state index < -0.39 is 40.5 Å². The maximum Gasteiger partial charge on any atom is 0.416 e. The van der Waals surface area contributed by atoms with Crippen molar-refractivity contribution in [1.82, 2.24) is 29.5 Å². The molecule has 49 heavy (non-hydrogen) atoms. The van der Waals surface area contributed by atoms with Gasteiger partial charge in [-0.25, -0.2) is 8.78 Å². The molecule has 0 aliphatic carbocycles. The molecular weight excluding hydrogens is 675 g/mol. The molecule has 4 aliphatic heterocycles. The first-order valence-corrected chi connectivity index (χ1v) is 16.3. The zero-order chi connectivity index (χ0) is 34.8. The molecule has 1 amide bonds. The summed E-state index contributed by atoms with van der Waals surface area (Å²) >= 11 is 6.71. The van der Waals surface area contributed by atoms with E-state index in [2.05, 4.69) is 10.1 Å². The number of hydrogen-bond acceptors (Lipinski definition) is 9. The van der Waals surface area contributed by atoms with Crippen LogP contribution in [0, 0.1) is 5.82 Å². The van der Waals surface area contributed by atoms with Gasteiger partial charge in [0, 0.05) is 44.7 Å². The van der Waals surface area contributed by atoms with Crippen molar-refractivity contribution in [3.63, 3.8) is 0 Å². The number of nitrogen functional groups attached to an aromatic ring is 1. The van der Waals surface area contributed by atoms with Gasteiger partial charge in [-0.2, -0.15) is 28.2 Å². The number of amides is 1. The molecule has 7 rings (SSSR count). The van der Waals surface area contributed by atoms with Gasteiger partial charge in [-0.15, -0.1) is 0 Å². The number of aromatic nitrogens is 4. The van der Waals surface area contributed by atoms with Gasteiger partial charge in [-0.05, 0) is 44.0 Å². The molecule has 17 heteroatoms. The first-order chi connectivity index (χ1) is 23.3. The highest BCUT2D eigenvalue weighted by atomic mass is 35.5. The molecule has 2 aromatic heterocycles. The zero-order valence-corrected chi connectivity index (χ0v) is 27.5. The maximum atomic E-state index is 15.3. The number of hydrogen-bond donors (Lipinski definition) is 1. The predicted octanol–water partition coefficient (Wildman–Crippen LogP) is 5.07. The minimum absolute atomic E-state index is 0.0508. The summed E-state index contributed by atoms with van der Waals surface area (Å²) in [6.07, 6.45) is -2.78. The highest BCUT2D eigenvalue weighted by molar-refractivity contribution is 6.34. The van der Waals surface area contributed by atoms with Crippen LogP contribution in [-0.4, -0.2) is 81.3 Å². The minimum atomic E-state index is -4.86. The van der Waals surface area contributed by atoms with Crippen LogP contribution in [0.4, 0.5) is 33.5 Å². The molecule has 6 heterocycles. The SMILES string of the molecule is CN(C)C(=O)c1nn2c(c1Cl)CN(c1nc(OC[C@]34C=C(F)CN3CCC4)nc3c1CO[C@H](c1c(C(F)(F)F)ccc(N)c1F)C3)CCC2. The maximum absolute atomic E-state index is 15.3. The highest BCUT2D eigenvalue weighted by Crippen LogP contribution is 2.44. The summed E-state index contributed by atoms with van der Waals surface area (Å²) in [5.41, 5.74) is 4.21. The Morgan fingerprint density at radius 3 is 2.71 bits per heavy atom. The fraction of sp³-hybridized carbons (Fsp3) is 0.500. The Bertz CT molecular complexity index is 1850. The summed E-state index contributed by atoms with van der Waals surface area (Å²) in [5, 5.41) is 4.67. The summed E-state index contributed by atoms with van der Waals surface area (Å²) < 4.78 is 85.7. The van der Waals surface area contributed by atoms with Crippen molar-refractivity contribution in [2.24, 2.45) is 0 Å². The molecule has 2 atom stereocenters. The zero-order valence-electron chi connectivity index (χ0n) is 26.8. The Kier molecular flexibility index (Phi) is 8.46. The number of nitrogens with zero attached hydrogens (tertiary/aromatic N) is 7. The molecule has 4 aliphatic rings. The van der Waals surface area contributed by atoms with E-state index >= 15 is 4.39 Å². The summed E-state index contributed by atoms with van der Waals surface area (Å²) in [6, 6.07) is 1.56. The standard InChI is InChI=1S/C32H34ClF5N8O3/c1-43(2)29(47)27-25(33)22-14-44(8-4-10-46(22)42-27)28-18-15-48-23(24-19(32(36,37)38)5-6-20(39)26(24)35)11-21(18)40-30(41-28)49-16-31-7-3-9-45(31)13-17(34)12-31/h5-6,12,23H,3-4,7-11,13-16,39H2,1-2H3/t23-,31-/m0/s1. The third-order valence-corrected chi connectivity index (χ3v) is 10.0. The first-order valence-electron chi connectivity index (χ1n) is 15.9. The third kappa shape index (κ3) is 5.97. The average molecular weight is 709 g/mol. The van der Waals surface area contributed by atoms with Gasteiger partial charge in [-0.1, -0.05) is 11.6 Å². The molecule has 0 spiro atoms. The van der Waals surface area contributed by atoms with Gasteiger partial charge in [0.05, 0.1) is 59.0 Å². The van der Waals surface area contributed by atoms with E-state index in [1.807, 2.05) is 9.80 Å². The van der Waals surface area contributed by atoms with Crippen LogP contribution in [0.1, 0.15) is 63.9 Å². The highest BCUT2D eigenvalue weighted by Gasteiger charge is 2.45. The van der Waals surface area contributed by atoms with Gasteiger partial charge >= 0.3 is 12.2 Å². The van der Waals surface area contributed by atoms with Crippen LogP contribution in [0.5, 0.6) is 6.01 Å². The molecule has 1 saturated heterocycles. The van der Waals surface area contributed by atoms with Crippen molar-refractivity contribution in [2.45, 2.75) is 63.2 Å². The molecule has 2 N–H and O–H groups in total. The normalized spacial score (nSPS) is 22.3. The molecule has 11 nitrogen and oxygen atoms in total. The van der Waals surface area contributed by atoms with Gasteiger partial charge in [-0.3, -0.25) is 14.4 Å². The van der Waals surface area contributed by atoms with E-state index in [1.165, 1.54) is 4.90 Å². The number of carbonyl (C=O) groups is 1. The van der Waals surface area contributed by atoms with Crippen molar-refractivity contribution in [2.75, 3.05) is 51.0 Å². The van der Waals surface area contributed by atoms with Crippen LogP contribution in [0.15, 0.2) is 24.0 Å². The smallest absolute Gasteiger partial charge is 0.416 e. The molecule has 0 radical (unpaired) electrons. The van der Waals surface area contributed by atoms with E-state index in [1.54, 1.807) is 24.9 Å². The van der Waals surface area contributed by atoms with E-state index in [9.17, 15) is 22.4 Å². The average Bonchev–Trinajstić information content (AvgIpc) is 3.62. The molecular formula is C32H34ClF5N8O3. The molecule has 0 bridgehead atoms. The van der Waals surface area contributed by atoms with Crippen LogP contribution < -0.4 is 15.4 Å². The van der Waals surface area contributed by atoms with Crippen molar-refractivity contribution in [3.8, 4) is 6.01 Å². The van der Waals surface area contributed by atoms with E-state index in [0.717, 1.165) is 18.6 Å². The quantitative estimate of drug-likeness (QED) is 0.277. The number of fused-ring (bicyclic) bond motifs is 3. The Morgan fingerprint density at radius 2 is 1.96 bits per heavy atom. The van der Waals surface area contributed by atoms with Crippen LogP contribution in [0.3, 0.4) is 0 Å². The third-order valence-electron chi connectivity index (χ3n) is 9.62. The second-order valence-electron chi connectivity index (χ2n) is 13.0. The minimum Gasteiger partial charge on any atom is -0.461 e. The van der Waals surface area contributed by atoms with E-state index in [4.69, 9.17) is 31.8 Å². The summed E-state index contributed by atoms with van der Waals surface area (Å²) in [5.74, 6) is -1.41. The molecule has 3 aromatic rings. The number of ether oxygens (including phenoxy) is 2. The number of anilines is 2. The molecule has 1 fully saturated rings. The second kappa shape index (κ2) is 12.4.